The summed E-state index contributed by atoms with van der Waals surface area (Å²) in [5, 5.41) is 5.64. The minimum Gasteiger partial charge on any atom is -0.372 e. The van der Waals surface area contributed by atoms with Crippen molar-refractivity contribution in [3.63, 3.8) is 0 Å². The van der Waals surface area contributed by atoms with Crippen molar-refractivity contribution in [2.24, 2.45) is 0 Å². The lowest BCUT2D eigenvalue weighted by Crippen LogP contribution is -2.24. The van der Waals surface area contributed by atoms with E-state index in [1.165, 1.54) is 12.4 Å². The standard InChI is InChI=1S/C13H15N5O/c1-9-3-4-15-5-10(9)6-18-13(19)11-7-17-12(14-2)8-16-11/h3-5,7-8H,6H2,1-2H3,(H,14,17)(H,18,19). The van der Waals surface area contributed by atoms with E-state index in [1.54, 1.807) is 19.4 Å². The van der Waals surface area contributed by atoms with Gasteiger partial charge in [-0.25, -0.2) is 9.97 Å². The van der Waals surface area contributed by atoms with E-state index in [-0.39, 0.29) is 5.91 Å². The molecule has 0 bridgehead atoms. The summed E-state index contributed by atoms with van der Waals surface area (Å²) >= 11 is 0. The molecule has 0 unspecified atom stereocenters. The van der Waals surface area contributed by atoms with Crippen molar-refractivity contribution in [3.8, 4) is 0 Å². The van der Waals surface area contributed by atoms with Crippen molar-refractivity contribution in [1.29, 1.82) is 0 Å². The van der Waals surface area contributed by atoms with Crippen LogP contribution in [-0.4, -0.2) is 27.9 Å². The molecule has 0 spiro atoms. The van der Waals surface area contributed by atoms with Crippen LogP contribution in [0.1, 0.15) is 21.6 Å². The van der Waals surface area contributed by atoms with E-state index in [9.17, 15) is 4.79 Å². The van der Waals surface area contributed by atoms with E-state index >= 15 is 0 Å². The quantitative estimate of drug-likeness (QED) is 0.859. The molecule has 1 amide bonds. The number of aromatic nitrogens is 3. The van der Waals surface area contributed by atoms with Gasteiger partial charge in [-0.1, -0.05) is 0 Å². The van der Waals surface area contributed by atoms with Gasteiger partial charge in [-0.2, -0.15) is 0 Å². The second-order valence-corrected chi connectivity index (χ2v) is 4.02. The SMILES string of the molecule is CNc1cnc(C(=O)NCc2cnccc2C)cn1. The highest BCUT2D eigenvalue weighted by Gasteiger charge is 2.08. The molecule has 2 aromatic heterocycles. The van der Waals surface area contributed by atoms with Crippen molar-refractivity contribution >= 4 is 11.7 Å². The molecule has 6 heteroatoms. The number of hydrogen-bond donors (Lipinski definition) is 2. The van der Waals surface area contributed by atoms with Crippen molar-refractivity contribution in [3.05, 3.63) is 47.7 Å². The molecule has 0 aromatic carbocycles. The van der Waals surface area contributed by atoms with Gasteiger partial charge in [-0.05, 0) is 24.1 Å². The van der Waals surface area contributed by atoms with Gasteiger partial charge in [0.25, 0.3) is 5.91 Å². The average Bonchev–Trinajstić information content (AvgIpc) is 2.46. The van der Waals surface area contributed by atoms with Crippen molar-refractivity contribution in [2.75, 3.05) is 12.4 Å². The normalized spacial score (nSPS) is 10.0. The molecule has 2 heterocycles. The van der Waals surface area contributed by atoms with E-state index in [0.29, 0.717) is 18.1 Å². The molecular formula is C13H15N5O. The number of aryl methyl sites for hydroxylation is 1. The average molecular weight is 257 g/mol. The third kappa shape index (κ3) is 3.25. The summed E-state index contributed by atoms with van der Waals surface area (Å²) in [4.78, 5) is 24.0. The van der Waals surface area contributed by atoms with Crippen LogP contribution in [0.3, 0.4) is 0 Å². The Kier molecular flexibility index (Phi) is 4.02. The lowest BCUT2D eigenvalue weighted by molar-refractivity contribution is 0.0945. The van der Waals surface area contributed by atoms with Crippen LogP contribution >= 0.6 is 0 Å². The van der Waals surface area contributed by atoms with Crippen LogP contribution in [0.2, 0.25) is 0 Å². The number of anilines is 1. The first-order valence-electron chi connectivity index (χ1n) is 5.88. The first kappa shape index (κ1) is 12.9. The molecule has 0 aliphatic rings. The van der Waals surface area contributed by atoms with Crippen molar-refractivity contribution in [1.82, 2.24) is 20.3 Å². The summed E-state index contributed by atoms with van der Waals surface area (Å²) in [6.45, 7) is 2.40. The van der Waals surface area contributed by atoms with Crippen LogP contribution in [0.5, 0.6) is 0 Å². The lowest BCUT2D eigenvalue weighted by Gasteiger charge is -2.07. The summed E-state index contributed by atoms with van der Waals surface area (Å²) in [5.41, 5.74) is 2.36. The fourth-order valence-corrected chi connectivity index (χ4v) is 1.52. The highest BCUT2D eigenvalue weighted by molar-refractivity contribution is 5.91. The van der Waals surface area contributed by atoms with E-state index < -0.39 is 0 Å². The zero-order valence-electron chi connectivity index (χ0n) is 10.8. The molecule has 2 aromatic rings. The van der Waals surface area contributed by atoms with Crippen LogP contribution < -0.4 is 10.6 Å². The Morgan fingerprint density at radius 2 is 2.11 bits per heavy atom. The van der Waals surface area contributed by atoms with E-state index in [2.05, 4.69) is 25.6 Å². The maximum Gasteiger partial charge on any atom is 0.271 e. The predicted molar refractivity (Wildman–Crippen MR) is 71.7 cm³/mol. The molecule has 19 heavy (non-hydrogen) atoms. The number of nitrogens with one attached hydrogen (secondary N) is 2. The van der Waals surface area contributed by atoms with Gasteiger partial charge in [0, 0.05) is 26.0 Å². The van der Waals surface area contributed by atoms with Gasteiger partial charge in [-0.15, -0.1) is 0 Å². The Hall–Kier alpha value is -2.50. The maximum absolute atomic E-state index is 11.9. The van der Waals surface area contributed by atoms with Gasteiger partial charge in [0.05, 0.1) is 12.4 Å². The molecule has 0 aliphatic heterocycles. The minimum absolute atomic E-state index is 0.251. The number of hydrogen-bond acceptors (Lipinski definition) is 5. The van der Waals surface area contributed by atoms with Gasteiger partial charge in [-0.3, -0.25) is 9.78 Å². The topological polar surface area (TPSA) is 79.8 Å². The predicted octanol–water partition coefficient (Wildman–Crippen LogP) is 1.15. The molecule has 2 N–H and O–H groups in total. The van der Waals surface area contributed by atoms with Crippen LogP contribution in [0.15, 0.2) is 30.9 Å². The number of pyridine rings is 1. The van der Waals surface area contributed by atoms with Crippen molar-refractivity contribution < 1.29 is 4.79 Å². The molecule has 6 nitrogen and oxygen atoms in total. The second kappa shape index (κ2) is 5.90. The third-order valence-corrected chi connectivity index (χ3v) is 2.73. The fraction of sp³-hybridized carbons (Fsp3) is 0.231. The smallest absolute Gasteiger partial charge is 0.271 e. The number of nitrogens with zero attached hydrogens (tertiary/aromatic N) is 3. The van der Waals surface area contributed by atoms with E-state index in [1.807, 2.05) is 13.0 Å². The van der Waals surface area contributed by atoms with E-state index in [4.69, 9.17) is 0 Å². The van der Waals surface area contributed by atoms with Crippen LogP contribution in [0, 0.1) is 6.92 Å². The molecule has 0 fully saturated rings. The van der Waals surface area contributed by atoms with Gasteiger partial charge >= 0.3 is 0 Å². The maximum atomic E-state index is 11.9. The summed E-state index contributed by atoms with van der Waals surface area (Å²) in [7, 11) is 1.74. The zero-order chi connectivity index (χ0) is 13.7. The van der Waals surface area contributed by atoms with Gasteiger partial charge in [0.15, 0.2) is 0 Å². The molecule has 2 rings (SSSR count). The Morgan fingerprint density at radius 1 is 1.26 bits per heavy atom. The van der Waals surface area contributed by atoms with Crippen LogP contribution in [0.4, 0.5) is 5.82 Å². The molecule has 0 aliphatic carbocycles. The second-order valence-electron chi connectivity index (χ2n) is 4.02. The molecule has 0 saturated carbocycles. The highest BCUT2D eigenvalue weighted by Crippen LogP contribution is 2.05. The summed E-state index contributed by atoms with van der Waals surface area (Å²) in [6.07, 6.45) is 6.43. The van der Waals surface area contributed by atoms with Crippen LogP contribution in [0.25, 0.3) is 0 Å². The Balaban J connectivity index is 1.99. The third-order valence-electron chi connectivity index (χ3n) is 2.73. The van der Waals surface area contributed by atoms with Gasteiger partial charge in [0.1, 0.15) is 11.5 Å². The van der Waals surface area contributed by atoms with Crippen LogP contribution in [-0.2, 0) is 6.54 Å². The summed E-state index contributed by atoms with van der Waals surface area (Å²) in [5.74, 6) is 0.373. The number of amides is 1. The molecular weight excluding hydrogens is 242 g/mol. The lowest BCUT2D eigenvalue weighted by atomic mass is 10.1. The summed E-state index contributed by atoms with van der Waals surface area (Å²) < 4.78 is 0. The highest BCUT2D eigenvalue weighted by atomic mass is 16.1. The molecule has 0 atom stereocenters. The zero-order valence-corrected chi connectivity index (χ0v) is 10.8. The molecule has 0 saturated heterocycles. The molecule has 0 radical (unpaired) electrons. The largest absolute Gasteiger partial charge is 0.372 e. The first-order valence-corrected chi connectivity index (χ1v) is 5.88. The van der Waals surface area contributed by atoms with Gasteiger partial charge in [0.2, 0.25) is 0 Å². The molecule has 98 valence electrons. The Labute approximate surface area is 111 Å². The number of rotatable bonds is 4. The van der Waals surface area contributed by atoms with Gasteiger partial charge < -0.3 is 10.6 Å². The summed E-state index contributed by atoms with van der Waals surface area (Å²) in [6, 6.07) is 1.91. The Morgan fingerprint density at radius 3 is 2.74 bits per heavy atom. The monoisotopic (exact) mass is 257 g/mol. The minimum atomic E-state index is -0.251. The Bertz CT molecular complexity index is 568. The van der Waals surface area contributed by atoms with E-state index in [0.717, 1.165) is 11.1 Å². The number of carbonyl (C=O) groups is 1. The van der Waals surface area contributed by atoms with Crippen molar-refractivity contribution in [2.45, 2.75) is 13.5 Å². The fourth-order valence-electron chi connectivity index (χ4n) is 1.52. The first-order chi connectivity index (χ1) is 9.20. The number of carbonyl (C=O) groups excluding carboxylic acids is 1.